The number of aryl methyl sites for hydroxylation is 1. The highest BCUT2D eigenvalue weighted by Crippen LogP contribution is 2.31. The minimum atomic E-state index is -0.378. The number of rotatable bonds is 3. The first-order valence-electron chi connectivity index (χ1n) is 6.27. The quantitative estimate of drug-likeness (QED) is 0.762. The Hall–Kier alpha value is -1.08. The fraction of sp³-hybridized carbons (Fsp3) is 0.467. The zero-order valence-corrected chi connectivity index (χ0v) is 9.95. The summed E-state index contributed by atoms with van der Waals surface area (Å²) >= 11 is 0. The van der Waals surface area contributed by atoms with Crippen LogP contribution in [0.1, 0.15) is 49.8 Å². The average molecular weight is 216 g/mol. The summed E-state index contributed by atoms with van der Waals surface area (Å²) in [6, 6.07) is 8.23. The lowest BCUT2D eigenvalue weighted by atomic mass is 9.89. The zero-order chi connectivity index (χ0) is 11.4. The Morgan fingerprint density at radius 1 is 1.25 bits per heavy atom. The van der Waals surface area contributed by atoms with Crippen molar-refractivity contribution in [3.63, 3.8) is 0 Å². The lowest BCUT2D eigenvalue weighted by Gasteiger charge is -2.21. The molecule has 2 rings (SSSR count). The molecule has 1 unspecified atom stereocenters. The maximum atomic E-state index is 10.4. The zero-order valence-electron chi connectivity index (χ0n) is 9.95. The first-order chi connectivity index (χ1) is 7.83. The van der Waals surface area contributed by atoms with Gasteiger partial charge in [-0.3, -0.25) is 0 Å². The highest BCUT2D eigenvalue weighted by atomic mass is 16.3. The van der Waals surface area contributed by atoms with Crippen molar-refractivity contribution in [2.75, 3.05) is 0 Å². The van der Waals surface area contributed by atoms with Gasteiger partial charge in [0.05, 0.1) is 0 Å². The van der Waals surface area contributed by atoms with E-state index < -0.39 is 0 Å². The molecule has 1 N–H and O–H groups in total. The molecule has 0 aromatic heterocycles. The van der Waals surface area contributed by atoms with E-state index in [1.807, 2.05) is 12.1 Å². The van der Waals surface area contributed by atoms with Crippen LogP contribution in [0.2, 0.25) is 0 Å². The van der Waals surface area contributed by atoms with Crippen LogP contribution in [0.4, 0.5) is 0 Å². The number of aliphatic hydroxyl groups is 1. The number of aliphatic hydroxyl groups excluding tert-OH is 1. The fourth-order valence-electron chi connectivity index (χ4n) is 2.43. The molecule has 1 aliphatic carbocycles. The van der Waals surface area contributed by atoms with E-state index in [2.05, 4.69) is 25.1 Å². The normalized spacial score (nSPS) is 18.0. The van der Waals surface area contributed by atoms with E-state index in [-0.39, 0.29) is 6.10 Å². The van der Waals surface area contributed by atoms with Crippen molar-refractivity contribution in [3.05, 3.63) is 47.0 Å². The van der Waals surface area contributed by atoms with Gasteiger partial charge in [0.1, 0.15) is 6.10 Å². The van der Waals surface area contributed by atoms with E-state index in [0.717, 1.165) is 24.8 Å². The lowest BCUT2D eigenvalue weighted by molar-refractivity contribution is 0.207. The van der Waals surface area contributed by atoms with Gasteiger partial charge in [0.2, 0.25) is 0 Å². The van der Waals surface area contributed by atoms with Gasteiger partial charge in [0, 0.05) is 0 Å². The third-order valence-corrected chi connectivity index (χ3v) is 3.41. The van der Waals surface area contributed by atoms with Crippen LogP contribution in [0.15, 0.2) is 35.9 Å². The standard InChI is InChI=1S/C15H20O/c1-2-12-8-6-7-11-14(12)15(16)13-9-4-3-5-10-13/h6-9,11,15-16H,2-5,10H2,1H3. The van der Waals surface area contributed by atoms with E-state index in [1.165, 1.54) is 24.0 Å². The smallest absolute Gasteiger partial charge is 0.100 e. The van der Waals surface area contributed by atoms with Gasteiger partial charge < -0.3 is 5.11 Å². The number of hydrogen-bond acceptors (Lipinski definition) is 1. The van der Waals surface area contributed by atoms with Crippen molar-refractivity contribution < 1.29 is 5.11 Å². The Bertz CT molecular complexity index is 379. The van der Waals surface area contributed by atoms with Crippen LogP contribution in [0, 0.1) is 0 Å². The molecule has 1 aliphatic rings. The minimum Gasteiger partial charge on any atom is -0.384 e. The summed E-state index contributed by atoms with van der Waals surface area (Å²) in [6.07, 6.45) is 7.50. The molecule has 1 aromatic carbocycles. The predicted octanol–water partition coefficient (Wildman–Crippen LogP) is 3.78. The molecule has 0 amide bonds. The number of allylic oxidation sites excluding steroid dienone is 1. The summed E-state index contributed by atoms with van der Waals surface area (Å²) in [7, 11) is 0. The fourth-order valence-corrected chi connectivity index (χ4v) is 2.43. The van der Waals surface area contributed by atoms with Crippen molar-refractivity contribution in [1.82, 2.24) is 0 Å². The van der Waals surface area contributed by atoms with Crippen molar-refractivity contribution in [2.24, 2.45) is 0 Å². The van der Waals surface area contributed by atoms with Crippen LogP contribution in [-0.2, 0) is 6.42 Å². The Morgan fingerprint density at radius 2 is 2.06 bits per heavy atom. The van der Waals surface area contributed by atoms with Crippen LogP contribution < -0.4 is 0 Å². The third kappa shape index (κ3) is 2.35. The molecule has 0 spiro atoms. The van der Waals surface area contributed by atoms with Crippen LogP contribution in [0.5, 0.6) is 0 Å². The molecule has 1 heteroatoms. The van der Waals surface area contributed by atoms with E-state index in [1.54, 1.807) is 0 Å². The summed E-state index contributed by atoms with van der Waals surface area (Å²) in [5, 5.41) is 10.4. The molecule has 0 saturated carbocycles. The highest BCUT2D eigenvalue weighted by molar-refractivity contribution is 5.34. The van der Waals surface area contributed by atoms with Gasteiger partial charge in [0.25, 0.3) is 0 Å². The second-order valence-electron chi connectivity index (χ2n) is 4.48. The Balaban J connectivity index is 2.25. The lowest BCUT2D eigenvalue weighted by Crippen LogP contribution is -2.07. The molecule has 1 aromatic rings. The van der Waals surface area contributed by atoms with Gasteiger partial charge in [-0.25, -0.2) is 0 Å². The average Bonchev–Trinajstić information content (AvgIpc) is 2.39. The Kier molecular flexibility index (Phi) is 3.79. The summed E-state index contributed by atoms with van der Waals surface area (Å²) < 4.78 is 0. The predicted molar refractivity (Wildman–Crippen MR) is 67.3 cm³/mol. The van der Waals surface area contributed by atoms with E-state index in [4.69, 9.17) is 0 Å². The largest absolute Gasteiger partial charge is 0.384 e. The first kappa shape index (κ1) is 11.4. The van der Waals surface area contributed by atoms with Gasteiger partial charge in [-0.05, 0) is 48.8 Å². The van der Waals surface area contributed by atoms with Crippen molar-refractivity contribution in [1.29, 1.82) is 0 Å². The van der Waals surface area contributed by atoms with E-state index >= 15 is 0 Å². The van der Waals surface area contributed by atoms with Gasteiger partial charge >= 0.3 is 0 Å². The van der Waals surface area contributed by atoms with E-state index in [9.17, 15) is 5.11 Å². The topological polar surface area (TPSA) is 20.2 Å². The molecule has 86 valence electrons. The molecular formula is C15H20O. The number of benzene rings is 1. The van der Waals surface area contributed by atoms with Gasteiger partial charge in [-0.15, -0.1) is 0 Å². The molecular weight excluding hydrogens is 196 g/mol. The van der Waals surface area contributed by atoms with Crippen molar-refractivity contribution in [3.8, 4) is 0 Å². The SMILES string of the molecule is CCc1ccccc1C(O)C1=CCCCC1. The van der Waals surface area contributed by atoms with Crippen LogP contribution in [0.3, 0.4) is 0 Å². The second-order valence-corrected chi connectivity index (χ2v) is 4.48. The molecule has 0 fully saturated rings. The molecule has 1 atom stereocenters. The highest BCUT2D eigenvalue weighted by Gasteiger charge is 2.17. The molecule has 1 nitrogen and oxygen atoms in total. The Labute approximate surface area is 97.8 Å². The third-order valence-electron chi connectivity index (χ3n) is 3.41. The maximum Gasteiger partial charge on any atom is 0.100 e. The Morgan fingerprint density at radius 3 is 2.75 bits per heavy atom. The van der Waals surface area contributed by atoms with Crippen molar-refractivity contribution >= 4 is 0 Å². The summed E-state index contributed by atoms with van der Waals surface area (Å²) in [5.74, 6) is 0. The summed E-state index contributed by atoms with van der Waals surface area (Å²) in [5.41, 5.74) is 3.58. The molecule has 0 bridgehead atoms. The molecule has 0 radical (unpaired) electrons. The minimum absolute atomic E-state index is 0.378. The van der Waals surface area contributed by atoms with Gasteiger partial charge in [-0.2, -0.15) is 0 Å². The molecule has 0 heterocycles. The molecule has 0 aliphatic heterocycles. The molecule has 16 heavy (non-hydrogen) atoms. The monoisotopic (exact) mass is 216 g/mol. The van der Waals surface area contributed by atoms with Crippen LogP contribution in [-0.4, -0.2) is 5.11 Å². The summed E-state index contributed by atoms with van der Waals surface area (Å²) in [4.78, 5) is 0. The summed E-state index contributed by atoms with van der Waals surface area (Å²) in [6.45, 7) is 2.14. The maximum absolute atomic E-state index is 10.4. The van der Waals surface area contributed by atoms with Gasteiger partial charge in [-0.1, -0.05) is 37.3 Å². The van der Waals surface area contributed by atoms with Crippen molar-refractivity contribution in [2.45, 2.75) is 45.1 Å². The first-order valence-corrected chi connectivity index (χ1v) is 6.27. The van der Waals surface area contributed by atoms with Crippen LogP contribution >= 0.6 is 0 Å². The van der Waals surface area contributed by atoms with Crippen LogP contribution in [0.25, 0.3) is 0 Å². The number of hydrogen-bond donors (Lipinski definition) is 1. The van der Waals surface area contributed by atoms with Gasteiger partial charge in [0.15, 0.2) is 0 Å². The molecule has 0 saturated heterocycles. The second kappa shape index (κ2) is 5.31. The van der Waals surface area contributed by atoms with E-state index in [0.29, 0.717) is 0 Å².